The minimum Gasteiger partial charge on any atom is -0.396 e. The number of hydrogen-bond donors (Lipinski definition) is 2. The Labute approximate surface area is 215 Å². The Hall–Kier alpha value is -2.28. The van der Waals surface area contributed by atoms with Crippen LogP contribution < -0.4 is 5.32 Å². The molecule has 0 radical (unpaired) electrons. The largest absolute Gasteiger partial charge is 0.396 e. The van der Waals surface area contributed by atoms with Gasteiger partial charge >= 0.3 is 0 Å². The fourth-order valence-electron chi connectivity index (χ4n) is 5.49. The van der Waals surface area contributed by atoms with E-state index in [1.807, 2.05) is 6.92 Å². The third-order valence-corrected chi connectivity index (χ3v) is 8.58. The number of nitrogens with zero attached hydrogens (tertiary/aromatic N) is 3. The highest BCUT2D eigenvalue weighted by Gasteiger charge is 2.41. The molecule has 2 aromatic rings. The molecule has 1 amide bonds. The predicted octanol–water partition coefficient (Wildman–Crippen LogP) is 6.51. The summed E-state index contributed by atoms with van der Waals surface area (Å²) in [5, 5.41) is 21.5. The molecule has 1 atom stereocenters. The fraction of sp³-hybridized carbons (Fsp3) is 0.690. The van der Waals surface area contributed by atoms with Crippen molar-refractivity contribution in [3.8, 4) is 0 Å². The number of benzene rings is 1. The molecular formula is C29H43FN4O2. The molecule has 4 rings (SSSR count). The molecule has 2 fully saturated rings. The third-order valence-electron chi connectivity index (χ3n) is 8.58. The van der Waals surface area contributed by atoms with E-state index < -0.39 is 5.82 Å². The van der Waals surface area contributed by atoms with Gasteiger partial charge in [0.15, 0.2) is 0 Å². The van der Waals surface area contributed by atoms with Crippen molar-refractivity contribution in [1.29, 1.82) is 0 Å². The Bertz CT molecular complexity index is 1050. The lowest BCUT2D eigenvalue weighted by Crippen LogP contribution is -2.33. The van der Waals surface area contributed by atoms with Crippen molar-refractivity contribution in [2.24, 2.45) is 17.3 Å². The van der Waals surface area contributed by atoms with Crippen LogP contribution in [0.5, 0.6) is 0 Å². The van der Waals surface area contributed by atoms with Crippen LogP contribution in [0.15, 0.2) is 18.2 Å². The summed E-state index contributed by atoms with van der Waals surface area (Å²) in [4.78, 5) is 12.9. The van der Waals surface area contributed by atoms with Crippen molar-refractivity contribution in [3.63, 3.8) is 0 Å². The molecule has 0 bridgehead atoms. The monoisotopic (exact) mass is 498 g/mol. The molecule has 0 aliphatic heterocycles. The zero-order valence-electron chi connectivity index (χ0n) is 22.6. The van der Waals surface area contributed by atoms with Crippen LogP contribution in [0.25, 0.3) is 0 Å². The van der Waals surface area contributed by atoms with Crippen molar-refractivity contribution in [3.05, 3.63) is 41.0 Å². The van der Waals surface area contributed by atoms with E-state index in [9.17, 15) is 14.3 Å². The number of aliphatic hydroxyl groups is 1. The fourth-order valence-corrected chi connectivity index (χ4v) is 5.49. The normalized spacial score (nSPS) is 20.9. The smallest absolute Gasteiger partial charge is 0.225 e. The number of aromatic nitrogens is 3. The summed E-state index contributed by atoms with van der Waals surface area (Å²) in [6.45, 7) is 11.2. The van der Waals surface area contributed by atoms with Crippen LogP contribution in [0, 0.1) is 30.0 Å². The van der Waals surface area contributed by atoms with Crippen molar-refractivity contribution < 1.29 is 14.3 Å². The number of aliphatic hydroxyl groups excluding tert-OH is 1. The molecule has 6 nitrogen and oxygen atoms in total. The first-order chi connectivity index (χ1) is 17.1. The molecule has 0 spiro atoms. The predicted molar refractivity (Wildman–Crippen MR) is 140 cm³/mol. The molecule has 1 aromatic heterocycles. The van der Waals surface area contributed by atoms with Gasteiger partial charge in [0.2, 0.25) is 5.91 Å². The second-order valence-corrected chi connectivity index (χ2v) is 12.2. The highest BCUT2D eigenvalue weighted by atomic mass is 19.1. The lowest BCUT2D eigenvalue weighted by molar-refractivity contribution is -0.116. The van der Waals surface area contributed by atoms with E-state index in [-0.39, 0.29) is 30.5 Å². The van der Waals surface area contributed by atoms with Gasteiger partial charge in [0.1, 0.15) is 5.82 Å². The van der Waals surface area contributed by atoms with Gasteiger partial charge in [-0.15, -0.1) is 5.10 Å². The summed E-state index contributed by atoms with van der Waals surface area (Å²) in [5.41, 5.74) is 3.43. The molecule has 0 saturated heterocycles. The maximum absolute atomic E-state index is 14.3. The van der Waals surface area contributed by atoms with E-state index in [1.54, 1.807) is 12.1 Å². The van der Waals surface area contributed by atoms with Gasteiger partial charge in [-0.2, -0.15) is 0 Å². The molecule has 2 N–H and O–H groups in total. The summed E-state index contributed by atoms with van der Waals surface area (Å²) in [7, 11) is 0. The Balaban J connectivity index is 1.48. The Morgan fingerprint density at radius 2 is 2.00 bits per heavy atom. The van der Waals surface area contributed by atoms with Gasteiger partial charge in [0, 0.05) is 24.9 Å². The van der Waals surface area contributed by atoms with Gasteiger partial charge in [-0.25, -0.2) is 9.07 Å². The highest BCUT2D eigenvalue weighted by Crippen LogP contribution is 2.50. The number of carbonyl (C=O) groups is 1. The average Bonchev–Trinajstić information content (AvgIpc) is 3.54. The number of carbonyl (C=O) groups excluding carboxylic acids is 1. The summed E-state index contributed by atoms with van der Waals surface area (Å²) >= 11 is 0. The molecule has 7 heteroatoms. The zero-order valence-corrected chi connectivity index (χ0v) is 22.6. The van der Waals surface area contributed by atoms with Gasteiger partial charge in [0.05, 0.1) is 23.1 Å². The molecular weight excluding hydrogens is 455 g/mol. The van der Waals surface area contributed by atoms with E-state index in [0.29, 0.717) is 42.1 Å². The summed E-state index contributed by atoms with van der Waals surface area (Å²) in [6, 6.07) is 5.19. The Kier molecular flexibility index (Phi) is 8.18. The number of hydrogen-bond acceptors (Lipinski definition) is 4. The van der Waals surface area contributed by atoms with Gasteiger partial charge in [-0.1, -0.05) is 39.0 Å². The standard InChI is InChI=1S/C29H43FN4O2/c1-18(2)29(4,5)17-20-14-23(15-20)34-28(21-9-10-21)27(32-33-34)22(7-6-12-35)16-26(36)31-25-11-8-19(3)13-24(25)30/h8,11,13,18,20-23,35H,6-7,9-10,12,14-17H2,1-5H3,(H,31,36)/t20?,22-,23?/m0/s1. The van der Waals surface area contributed by atoms with Crippen LogP contribution in [-0.2, 0) is 4.79 Å². The van der Waals surface area contributed by atoms with Gasteiger partial charge < -0.3 is 10.4 Å². The van der Waals surface area contributed by atoms with Gasteiger partial charge in [0.25, 0.3) is 0 Å². The van der Waals surface area contributed by atoms with E-state index in [4.69, 9.17) is 0 Å². The SMILES string of the molecule is Cc1ccc(NC(=O)C[C@H](CCCO)c2nnn(C3CC(CC(C)(C)C(C)C)C3)c2C2CC2)c(F)c1. The van der Waals surface area contributed by atoms with Crippen molar-refractivity contribution in [2.45, 2.75) is 104 Å². The molecule has 2 aliphatic rings. The molecule has 1 heterocycles. The first-order valence-electron chi connectivity index (χ1n) is 13.7. The van der Waals surface area contributed by atoms with E-state index in [2.05, 4.69) is 48.0 Å². The second kappa shape index (κ2) is 11.0. The minimum absolute atomic E-state index is 0.0630. The lowest BCUT2D eigenvalue weighted by atomic mass is 9.67. The van der Waals surface area contributed by atoms with E-state index >= 15 is 0 Å². The average molecular weight is 499 g/mol. The minimum atomic E-state index is -0.431. The molecule has 0 unspecified atom stereocenters. The van der Waals surface area contributed by atoms with Crippen LogP contribution in [0.4, 0.5) is 10.1 Å². The number of halogens is 1. The third kappa shape index (κ3) is 6.16. The Morgan fingerprint density at radius 3 is 2.61 bits per heavy atom. The quantitative estimate of drug-likeness (QED) is 0.349. The molecule has 1 aromatic carbocycles. The molecule has 2 saturated carbocycles. The maximum atomic E-state index is 14.3. The van der Waals surface area contributed by atoms with Crippen LogP contribution in [-0.4, -0.2) is 32.6 Å². The van der Waals surface area contributed by atoms with Crippen LogP contribution in [0.2, 0.25) is 0 Å². The lowest BCUT2D eigenvalue weighted by Gasteiger charge is -2.42. The van der Waals surface area contributed by atoms with Crippen LogP contribution in [0.3, 0.4) is 0 Å². The number of amides is 1. The van der Waals surface area contributed by atoms with Gasteiger partial charge in [-0.05, 0) is 86.8 Å². The first kappa shape index (κ1) is 26.8. The summed E-state index contributed by atoms with van der Waals surface area (Å²) in [5.74, 6) is 1.01. The topological polar surface area (TPSA) is 80.0 Å². The van der Waals surface area contributed by atoms with E-state index in [0.717, 1.165) is 36.9 Å². The van der Waals surface area contributed by atoms with Crippen molar-refractivity contribution in [1.82, 2.24) is 15.0 Å². The molecule has 198 valence electrons. The second-order valence-electron chi connectivity index (χ2n) is 12.2. The Morgan fingerprint density at radius 1 is 1.28 bits per heavy atom. The van der Waals surface area contributed by atoms with Crippen molar-refractivity contribution >= 4 is 11.6 Å². The molecule has 36 heavy (non-hydrogen) atoms. The number of aryl methyl sites for hydroxylation is 1. The highest BCUT2D eigenvalue weighted by molar-refractivity contribution is 5.91. The molecule has 2 aliphatic carbocycles. The summed E-state index contributed by atoms with van der Waals surface area (Å²) in [6.07, 6.45) is 7.19. The van der Waals surface area contributed by atoms with Gasteiger partial charge in [-0.3, -0.25) is 4.79 Å². The number of anilines is 1. The first-order valence-corrected chi connectivity index (χ1v) is 13.7. The number of nitrogens with one attached hydrogen (secondary N) is 1. The zero-order chi connectivity index (χ0) is 26.0. The van der Waals surface area contributed by atoms with Crippen LogP contribution >= 0.6 is 0 Å². The van der Waals surface area contributed by atoms with Crippen LogP contribution in [0.1, 0.15) is 114 Å². The number of rotatable bonds is 12. The maximum Gasteiger partial charge on any atom is 0.225 e. The van der Waals surface area contributed by atoms with Crippen molar-refractivity contribution in [2.75, 3.05) is 11.9 Å². The summed E-state index contributed by atoms with van der Waals surface area (Å²) < 4.78 is 16.5. The van der Waals surface area contributed by atoms with E-state index in [1.165, 1.54) is 18.2 Å².